The molecule has 1 aromatic heterocycles. The van der Waals surface area contributed by atoms with Crippen LogP contribution < -0.4 is 15.0 Å². The fraction of sp³-hybridized carbons (Fsp3) is 0.688. The number of carbonyl (C=O) groups is 1. The van der Waals surface area contributed by atoms with Gasteiger partial charge in [0, 0.05) is 38.7 Å². The summed E-state index contributed by atoms with van der Waals surface area (Å²) in [6.07, 6.45) is 6.12. The lowest BCUT2D eigenvalue weighted by atomic mass is 10.1. The van der Waals surface area contributed by atoms with E-state index in [1.165, 1.54) is 19.3 Å². The zero-order valence-corrected chi connectivity index (χ0v) is 13.7. The molecule has 0 radical (unpaired) electrons. The molecule has 1 atom stereocenters. The zero-order chi connectivity index (χ0) is 16.1. The topological polar surface area (TPSA) is 70.6 Å². The quantitative estimate of drug-likeness (QED) is 0.914. The number of piperidine rings is 1. The number of amides is 2. The Morgan fingerprint density at radius 1 is 1.30 bits per heavy atom. The van der Waals surface area contributed by atoms with Crippen LogP contribution in [-0.2, 0) is 0 Å². The Kier molecular flexibility index (Phi) is 5.15. The van der Waals surface area contributed by atoms with Gasteiger partial charge in [0.15, 0.2) is 0 Å². The summed E-state index contributed by atoms with van der Waals surface area (Å²) in [4.78, 5) is 24.5. The fourth-order valence-electron chi connectivity index (χ4n) is 3.13. The molecule has 3 heterocycles. The average molecular weight is 319 g/mol. The van der Waals surface area contributed by atoms with Gasteiger partial charge in [0.25, 0.3) is 0 Å². The van der Waals surface area contributed by atoms with Crippen molar-refractivity contribution < 1.29 is 9.53 Å². The van der Waals surface area contributed by atoms with E-state index in [0.717, 1.165) is 31.9 Å². The van der Waals surface area contributed by atoms with Gasteiger partial charge in [-0.15, -0.1) is 0 Å². The van der Waals surface area contributed by atoms with E-state index in [1.54, 1.807) is 11.2 Å². The number of hydrogen-bond acceptors (Lipinski definition) is 5. The Balaban J connectivity index is 1.57. The van der Waals surface area contributed by atoms with Crippen LogP contribution in [0, 0.1) is 0 Å². The smallest absolute Gasteiger partial charge is 0.317 e. The summed E-state index contributed by atoms with van der Waals surface area (Å²) in [5, 5.41) is 2.82. The SMILES string of the molecule is CCNC(=O)N1CCC(Oc2cc(N3CCCCC3)ncn2)C1. The minimum atomic E-state index is -0.0182. The Hall–Kier alpha value is -2.05. The zero-order valence-electron chi connectivity index (χ0n) is 13.7. The van der Waals surface area contributed by atoms with Crippen LogP contribution in [0.2, 0.25) is 0 Å². The molecule has 1 aromatic rings. The third-order valence-corrected chi connectivity index (χ3v) is 4.36. The van der Waals surface area contributed by atoms with Gasteiger partial charge < -0.3 is 19.9 Å². The highest BCUT2D eigenvalue weighted by molar-refractivity contribution is 5.74. The number of anilines is 1. The van der Waals surface area contributed by atoms with E-state index in [2.05, 4.69) is 20.2 Å². The average Bonchev–Trinajstić information content (AvgIpc) is 3.05. The predicted octanol–water partition coefficient (Wildman–Crippen LogP) is 1.65. The Morgan fingerprint density at radius 2 is 2.13 bits per heavy atom. The molecule has 7 heteroatoms. The Labute approximate surface area is 137 Å². The monoisotopic (exact) mass is 319 g/mol. The van der Waals surface area contributed by atoms with Crippen molar-refractivity contribution in [2.75, 3.05) is 37.6 Å². The van der Waals surface area contributed by atoms with Crippen molar-refractivity contribution in [2.24, 2.45) is 0 Å². The summed E-state index contributed by atoms with van der Waals surface area (Å²) in [5.74, 6) is 1.54. The second-order valence-electron chi connectivity index (χ2n) is 6.07. The molecule has 3 rings (SSSR count). The maximum Gasteiger partial charge on any atom is 0.317 e. The van der Waals surface area contributed by atoms with Crippen LogP contribution in [0.3, 0.4) is 0 Å². The molecule has 0 saturated carbocycles. The van der Waals surface area contributed by atoms with Crippen LogP contribution in [0.1, 0.15) is 32.6 Å². The normalized spacial score (nSPS) is 21.3. The predicted molar refractivity (Wildman–Crippen MR) is 87.8 cm³/mol. The van der Waals surface area contributed by atoms with E-state index in [1.807, 2.05) is 13.0 Å². The molecular weight excluding hydrogens is 294 g/mol. The van der Waals surface area contributed by atoms with Gasteiger partial charge in [-0.1, -0.05) is 0 Å². The number of hydrogen-bond donors (Lipinski definition) is 1. The number of likely N-dealkylation sites (tertiary alicyclic amines) is 1. The highest BCUT2D eigenvalue weighted by Crippen LogP contribution is 2.22. The number of ether oxygens (including phenoxy) is 1. The van der Waals surface area contributed by atoms with Crippen LogP contribution in [0.25, 0.3) is 0 Å². The molecule has 7 nitrogen and oxygen atoms in total. The van der Waals surface area contributed by atoms with Crippen LogP contribution in [0.5, 0.6) is 5.88 Å². The van der Waals surface area contributed by atoms with Crippen LogP contribution >= 0.6 is 0 Å². The van der Waals surface area contributed by atoms with Crippen molar-refractivity contribution in [3.8, 4) is 5.88 Å². The van der Waals surface area contributed by atoms with E-state index in [4.69, 9.17) is 4.74 Å². The molecule has 126 valence electrons. The molecule has 0 aromatic carbocycles. The van der Waals surface area contributed by atoms with Crippen molar-refractivity contribution >= 4 is 11.8 Å². The summed E-state index contributed by atoms with van der Waals surface area (Å²) in [7, 11) is 0. The van der Waals surface area contributed by atoms with E-state index >= 15 is 0 Å². The van der Waals surface area contributed by atoms with Gasteiger partial charge in [0.1, 0.15) is 18.2 Å². The molecule has 1 N–H and O–H groups in total. The fourth-order valence-corrected chi connectivity index (χ4v) is 3.13. The van der Waals surface area contributed by atoms with E-state index in [9.17, 15) is 4.79 Å². The standard InChI is InChI=1S/C16H25N5O2/c1-2-17-16(22)21-9-6-13(11-21)23-15-10-14(18-12-19-15)20-7-4-3-5-8-20/h10,12-13H,2-9,11H2,1H3,(H,17,22). The summed E-state index contributed by atoms with van der Waals surface area (Å²) in [6.45, 7) is 5.99. The first kappa shape index (κ1) is 15.8. The molecule has 23 heavy (non-hydrogen) atoms. The van der Waals surface area contributed by atoms with Gasteiger partial charge in [-0.3, -0.25) is 0 Å². The van der Waals surface area contributed by atoms with Crippen LogP contribution in [0.4, 0.5) is 10.6 Å². The molecule has 0 spiro atoms. The summed E-state index contributed by atoms with van der Waals surface area (Å²) in [6, 6.07) is 1.90. The minimum Gasteiger partial charge on any atom is -0.472 e. The van der Waals surface area contributed by atoms with Crippen molar-refractivity contribution in [1.82, 2.24) is 20.2 Å². The van der Waals surface area contributed by atoms with Crippen molar-refractivity contribution in [3.05, 3.63) is 12.4 Å². The van der Waals surface area contributed by atoms with Crippen molar-refractivity contribution in [2.45, 2.75) is 38.7 Å². The van der Waals surface area contributed by atoms with Gasteiger partial charge in [0.2, 0.25) is 5.88 Å². The van der Waals surface area contributed by atoms with Gasteiger partial charge >= 0.3 is 6.03 Å². The first-order chi connectivity index (χ1) is 11.3. The molecule has 2 saturated heterocycles. The second kappa shape index (κ2) is 7.48. The molecule has 0 bridgehead atoms. The van der Waals surface area contributed by atoms with E-state index < -0.39 is 0 Å². The third-order valence-electron chi connectivity index (χ3n) is 4.36. The lowest BCUT2D eigenvalue weighted by Crippen LogP contribution is -2.39. The summed E-state index contributed by atoms with van der Waals surface area (Å²) < 4.78 is 5.97. The molecule has 2 aliphatic rings. The summed E-state index contributed by atoms with van der Waals surface area (Å²) >= 11 is 0. The Morgan fingerprint density at radius 3 is 2.91 bits per heavy atom. The highest BCUT2D eigenvalue weighted by atomic mass is 16.5. The first-order valence-corrected chi connectivity index (χ1v) is 8.52. The van der Waals surface area contributed by atoms with Gasteiger partial charge in [0.05, 0.1) is 6.54 Å². The van der Waals surface area contributed by atoms with Crippen LogP contribution in [0.15, 0.2) is 12.4 Å². The lowest BCUT2D eigenvalue weighted by Gasteiger charge is -2.27. The largest absolute Gasteiger partial charge is 0.472 e. The number of nitrogens with one attached hydrogen (secondary N) is 1. The van der Waals surface area contributed by atoms with Gasteiger partial charge in [-0.2, -0.15) is 0 Å². The maximum atomic E-state index is 11.8. The van der Waals surface area contributed by atoms with Gasteiger partial charge in [-0.25, -0.2) is 14.8 Å². The molecule has 1 unspecified atom stereocenters. The highest BCUT2D eigenvalue weighted by Gasteiger charge is 2.27. The van der Waals surface area contributed by atoms with Gasteiger partial charge in [-0.05, 0) is 26.2 Å². The molecule has 2 fully saturated rings. The van der Waals surface area contributed by atoms with Crippen molar-refractivity contribution in [1.29, 1.82) is 0 Å². The maximum absolute atomic E-state index is 11.8. The Bertz CT molecular complexity index is 533. The molecular formula is C16H25N5O2. The van der Waals surface area contributed by atoms with E-state index in [0.29, 0.717) is 19.0 Å². The lowest BCUT2D eigenvalue weighted by molar-refractivity contribution is 0.183. The number of urea groups is 1. The third kappa shape index (κ3) is 4.03. The number of nitrogens with zero attached hydrogens (tertiary/aromatic N) is 4. The second-order valence-corrected chi connectivity index (χ2v) is 6.07. The number of aromatic nitrogens is 2. The van der Waals surface area contributed by atoms with E-state index in [-0.39, 0.29) is 12.1 Å². The van der Waals surface area contributed by atoms with Crippen LogP contribution in [-0.4, -0.2) is 59.7 Å². The first-order valence-electron chi connectivity index (χ1n) is 8.52. The number of rotatable bonds is 4. The molecule has 2 aliphatic heterocycles. The summed E-state index contributed by atoms with van der Waals surface area (Å²) in [5.41, 5.74) is 0. The number of carbonyl (C=O) groups excluding carboxylic acids is 1. The molecule has 2 amide bonds. The van der Waals surface area contributed by atoms with Crippen molar-refractivity contribution in [3.63, 3.8) is 0 Å². The molecule has 0 aliphatic carbocycles. The minimum absolute atomic E-state index is 0.00159.